The lowest BCUT2D eigenvalue weighted by atomic mass is 10.1. The van der Waals surface area contributed by atoms with Crippen LogP contribution in [0.4, 0.5) is 29.1 Å². The Balaban J connectivity index is 1.62. The second-order valence-corrected chi connectivity index (χ2v) is 9.81. The van der Waals surface area contributed by atoms with E-state index in [1.165, 1.54) is 34.9 Å². The number of pyridine rings is 1. The summed E-state index contributed by atoms with van der Waals surface area (Å²) in [6, 6.07) is 4.91. The number of β-amino-alcohol motifs (C(OH)–C–C–N with tert-alkyl or cyclic N) is 1. The van der Waals surface area contributed by atoms with Crippen LogP contribution in [0.3, 0.4) is 0 Å². The number of likely N-dealkylation sites (tertiary alicyclic amines) is 1. The number of rotatable bonds is 7. The van der Waals surface area contributed by atoms with Gasteiger partial charge in [-0.05, 0) is 76.2 Å². The number of aryl methyl sites for hydroxylation is 1. The molecule has 11 heteroatoms. The van der Waals surface area contributed by atoms with Gasteiger partial charge in [-0.15, -0.1) is 0 Å². The van der Waals surface area contributed by atoms with Crippen LogP contribution in [0.15, 0.2) is 30.3 Å². The fraction of sp³-hybridized carbons (Fsp3) is 0.520. The van der Waals surface area contributed by atoms with Gasteiger partial charge in [0.15, 0.2) is 0 Å². The van der Waals surface area contributed by atoms with Gasteiger partial charge in [-0.2, -0.15) is 13.2 Å². The van der Waals surface area contributed by atoms with Gasteiger partial charge in [0.1, 0.15) is 17.7 Å². The zero-order valence-electron chi connectivity index (χ0n) is 19.9. The third-order valence-corrected chi connectivity index (χ3v) is 6.95. The molecule has 2 aromatic rings. The molecule has 0 saturated carbocycles. The van der Waals surface area contributed by atoms with Gasteiger partial charge in [0.05, 0.1) is 16.7 Å². The van der Waals surface area contributed by atoms with Crippen molar-refractivity contribution in [3.63, 3.8) is 0 Å². The molecule has 0 aliphatic carbocycles. The van der Waals surface area contributed by atoms with Crippen molar-refractivity contribution in [2.45, 2.75) is 50.9 Å². The Morgan fingerprint density at radius 2 is 1.94 bits per heavy atom. The van der Waals surface area contributed by atoms with Crippen molar-refractivity contribution in [1.82, 2.24) is 9.88 Å². The molecule has 3 heterocycles. The summed E-state index contributed by atoms with van der Waals surface area (Å²) in [5, 5.41) is 10.3. The number of aliphatic hydroxyl groups excluding tert-OH is 1. The van der Waals surface area contributed by atoms with E-state index in [0.717, 1.165) is 44.6 Å². The predicted octanol–water partition coefficient (Wildman–Crippen LogP) is 4.66. The number of halogens is 5. The zero-order valence-corrected chi connectivity index (χ0v) is 20.7. The zero-order chi connectivity index (χ0) is 26.0. The second-order valence-electron chi connectivity index (χ2n) is 9.40. The minimum atomic E-state index is -4.58. The summed E-state index contributed by atoms with van der Waals surface area (Å²) in [4.78, 5) is 23.3. The summed E-state index contributed by atoms with van der Waals surface area (Å²) in [5.74, 6) is -1.05. The van der Waals surface area contributed by atoms with E-state index >= 15 is 0 Å². The highest BCUT2D eigenvalue weighted by molar-refractivity contribution is 6.31. The van der Waals surface area contributed by atoms with Gasteiger partial charge >= 0.3 is 6.18 Å². The van der Waals surface area contributed by atoms with E-state index in [0.29, 0.717) is 18.7 Å². The molecule has 2 fully saturated rings. The van der Waals surface area contributed by atoms with Crippen LogP contribution in [-0.2, 0) is 11.0 Å². The summed E-state index contributed by atoms with van der Waals surface area (Å²) < 4.78 is 54.2. The van der Waals surface area contributed by atoms with Crippen LogP contribution in [0.25, 0.3) is 0 Å². The fourth-order valence-corrected chi connectivity index (χ4v) is 5.10. The Morgan fingerprint density at radius 3 is 2.61 bits per heavy atom. The van der Waals surface area contributed by atoms with Crippen LogP contribution in [0.1, 0.15) is 36.9 Å². The van der Waals surface area contributed by atoms with E-state index < -0.39 is 35.6 Å². The van der Waals surface area contributed by atoms with Gasteiger partial charge in [-0.25, -0.2) is 9.37 Å². The van der Waals surface area contributed by atoms with E-state index in [2.05, 4.69) is 9.88 Å². The number of carbonyl (C=O) groups is 1. The number of aromatic nitrogens is 1. The second kappa shape index (κ2) is 10.9. The maximum atomic E-state index is 13.8. The quantitative estimate of drug-likeness (QED) is 0.530. The number of nitrogens with zero attached hydrogens (tertiary/aromatic N) is 4. The van der Waals surface area contributed by atoms with Crippen molar-refractivity contribution in [2.75, 3.05) is 42.5 Å². The summed E-state index contributed by atoms with van der Waals surface area (Å²) in [6.07, 6.45) is -2.54. The van der Waals surface area contributed by atoms with Gasteiger partial charge < -0.3 is 19.8 Å². The van der Waals surface area contributed by atoms with Crippen molar-refractivity contribution >= 4 is 29.0 Å². The minimum absolute atomic E-state index is 0.0219. The third kappa shape index (κ3) is 6.10. The summed E-state index contributed by atoms with van der Waals surface area (Å²) in [6.45, 7) is 4.51. The Morgan fingerprint density at radius 1 is 1.22 bits per heavy atom. The number of amides is 1. The van der Waals surface area contributed by atoms with Crippen LogP contribution in [0.2, 0.25) is 5.02 Å². The molecule has 0 unspecified atom stereocenters. The highest BCUT2D eigenvalue weighted by atomic mass is 35.5. The minimum Gasteiger partial charge on any atom is -0.391 e. The molecule has 2 saturated heterocycles. The summed E-state index contributed by atoms with van der Waals surface area (Å²) >= 11 is 6.00. The number of anilines is 2. The Kier molecular flexibility index (Phi) is 8.06. The normalized spacial score (nSPS) is 20.8. The van der Waals surface area contributed by atoms with Crippen molar-refractivity contribution < 1.29 is 27.5 Å². The first kappa shape index (κ1) is 26.6. The first-order valence-corrected chi connectivity index (χ1v) is 12.4. The smallest absolute Gasteiger partial charge is 0.391 e. The first-order chi connectivity index (χ1) is 17.0. The predicted molar refractivity (Wildman–Crippen MR) is 130 cm³/mol. The highest BCUT2D eigenvalue weighted by Gasteiger charge is 2.41. The molecule has 1 aromatic heterocycles. The van der Waals surface area contributed by atoms with Gasteiger partial charge in [0.2, 0.25) is 5.91 Å². The van der Waals surface area contributed by atoms with Crippen LogP contribution < -0.4 is 9.80 Å². The number of carbonyl (C=O) groups excluding carboxylic acids is 1. The van der Waals surface area contributed by atoms with Gasteiger partial charge in [0.25, 0.3) is 0 Å². The topological polar surface area (TPSA) is 59.9 Å². The average molecular weight is 529 g/mol. The number of benzene rings is 1. The van der Waals surface area contributed by atoms with Gasteiger partial charge in [-0.1, -0.05) is 11.6 Å². The fourth-order valence-electron chi connectivity index (χ4n) is 4.92. The molecule has 2 aliphatic rings. The standard InChI is InChI=1S/C25H29ClF4N4O2/c1-16-11-17(25(28,29)30)12-23(31-16)34-15-19(35)14-22(34)24(36)33(10-4-9-32-7-2-3-8-32)18-5-6-21(27)20(26)13-18/h5-6,11-13,19,22,35H,2-4,7-10,14-15H2,1H3/t19-,22-/m0/s1. The highest BCUT2D eigenvalue weighted by Crippen LogP contribution is 2.34. The maximum absolute atomic E-state index is 13.8. The van der Waals surface area contributed by atoms with Crippen molar-refractivity contribution in [3.8, 4) is 0 Å². The molecule has 2 aliphatic heterocycles. The van der Waals surface area contributed by atoms with Crippen LogP contribution in [-0.4, -0.2) is 65.8 Å². The molecule has 0 radical (unpaired) electrons. The molecule has 4 rings (SSSR count). The number of alkyl halides is 3. The molecular formula is C25H29ClF4N4O2. The monoisotopic (exact) mass is 528 g/mol. The molecule has 2 atom stereocenters. The third-order valence-electron chi connectivity index (χ3n) is 6.66. The van der Waals surface area contributed by atoms with Crippen molar-refractivity contribution in [1.29, 1.82) is 0 Å². The van der Waals surface area contributed by atoms with E-state index in [-0.39, 0.29) is 29.5 Å². The Labute approximate surface area is 212 Å². The Bertz CT molecular complexity index is 1090. The van der Waals surface area contributed by atoms with Gasteiger partial charge in [0, 0.05) is 30.9 Å². The summed E-state index contributed by atoms with van der Waals surface area (Å²) in [7, 11) is 0. The number of hydrogen-bond donors (Lipinski definition) is 1. The van der Waals surface area contributed by atoms with E-state index in [1.807, 2.05) is 0 Å². The lowest BCUT2D eigenvalue weighted by Gasteiger charge is -2.31. The van der Waals surface area contributed by atoms with E-state index in [1.54, 1.807) is 0 Å². The Hall–Kier alpha value is -2.43. The lowest BCUT2D eigenvalue weighted by Crippen LogP contribution is -2.47. The van der Waals surface area contributed by atoms with Crippen LogP contribution in [0, 0.1) is 12.7 Å². The van der Waals surface area contributed by atoms with Gasteiger partial charge in [-0.3, -0.25) is 4.79 Å². The van der Waals surface area contributed by atoms with Crippen LogP contribution in [0.5, 0.6) is 0 Å². The molecule has 6 nitrogen and oxygen atoms in total. The SMILES string of the molecule is Cc1cc(C(F)(F)F)cc(N2C[C@@H](O)C[C@H]2C(=O)N(CCCN2CCCC2)c2ccc(F)c(Cl)c2)n1. The largest absolute Gasteiger partial charge is 0.416 e. The number of aliphatic hydroxyl groups is 1. The molecule has 1 N–H and O–H groups in total. The van der Waals surface area contributed by atoms with Crippen molar-refractivity contribution in [2.24, 2.45) is 0 Å². The number of hydrogen-bond acceptors (Lipinski definition) is 5. The molecular weight excluding hydrogens is 500 g/mol. The molecule has 1 aromatic carbocycles. The summed E-state index contributed by atoms with van der Waals surface area (Å²) in [5.41, 5.74) is -0.326. The first-order valence-electron chi connectivity index (χ1n) is 12.0. The molecule has 1 amide bonds. The van der Waals surface area contributed by atoms with Crippen molar-refractivity contribution in [3.05, 3.63) is 52.4 Å². The van der Waals surface area contributed by atoms with Crippen LogP contribution >= 0.6 is 11.6 Å². The molecule has 196 valence electrons. The molecule has 0 bridgehead atoms. The lowest BCUT2D eigenvalue weighted by molar-refractivity contribution is -0.137. The van der Waals surface area contributed by atoms with E-state index in [9.17, 15) is 27.5 Å². The average Bonchev–Trinajstić information content (AvgIpc) is 3.47. The molecule has 36 heavy (non-hydrogen) atoms. The van der Waals surface area contributed by atoms with E-state index in [4.69, 9.17) is 11.6 Å². The maximum Gasteiger partial charge on any atom is 0.416 e. The molecule has 0 spiro atoms.